The van der Waals surface area contributed by atoms with Crippen LogP contribution in [0.3, 0.4) is 0 Å². The lowest BCUT2D eigenvalue weighted by atomic mass is 10.1. The van der Waals surface area contributed by atoms with Crippen LogP contribution in [0, 0.1) is 5.41 Å². The summed E-state index contributed by atoms with van der Waals surface area (Å²) in [6.45, 7) is 1.96. The molecule has 0 bridgehead atoms. The van der Waals surface area contributed by atoms with Crippen LogP contribution in [0.5, 0.6) is 0 Å². The Morgan fingerprint density at radius 1 is 1.56 bits per heavy atom. The molecule has 0 saturated carbocycles. The van der Waals surface area contributed by atoms with E-state index in [2.05, 4.69) is 4.98 Å². The van der Waals surface area contributed by atoms with Crippen molar-refractivity contribution >= 4 is 11.7 Å². The number of allylic oxidation sites excluding steroid dienone is 1. The number of carboxylic acid groups (broad SMARTS) is 1. The molecule has 0 radical (unpaired) electrons. The fourth-order valence-corrected chi connectivity index (χ4v) is 1.23. The van der Waals surface area contributed by atoms with Gasteiger partial charge in [-0.05, 0) is 18.6 Å². The van der Waals surface area contributed by atoms with Gasteiger partial charge in [0.25, 0.3) is 0 Å². The Bertz CT molecular complexity index is 410. The van der Waals surface area contributed by atoms with Crippen LogP contribution in [0.15, 0.2) is 36.0 Å². The van der Waals surface area contributed by atoms with E-state index in [4.69, 9.17) is 10.5 Å². The Balaban J connectivity index is 2.97. The smallest absolute Gasteiger partial charge is 0.337 e. The minimum Gasteiger partial charge on any atom is -0.478 e. The third kappa shape index (κ3) is 3.02. The maximum Gasteiger partial charge on any atom is 0.337 e. The lowest BCUT2D eigenvalue weighted by Gasteiger charge is -2.03. The van der Waals surface area contributed by atoms with Crippen LogP contribution in [0.1, 0.15) is 25.5 Å². The van der Waals surface area contributed by atoms with Gasteiger partial charge in [0, 0.05) is 6.20 Å². The summed E-state index contributed by atoms with van der Waals surface area (Å²) >= 11 is 0. The molecule has 0 aliphatic rings. The Kier molecular flexibility index (Phi) is 4.39. The van der Waals surface area contributed by atoms with Gasteiger partial charge in [0.2, 0.25) is 0 Å². The molecule has 1 heterocycles. The van der Waals surface area contributed by atoms with E-state index in [1.165, 1.54) is 0 Å². The number of hydrogen-bond acceptors (Lipinski definition) is 3. The van der Waals surface area contributed by atoms with Crippen LogP contribution in [0.25, 0.3) is 0 Å². The van der Waals surface area contributed by atoms with Crippen LogP contribution >= 0.6 is 0 Å². The maximum absolute atomic E-state index is 11.0. The normalized spacial score (nSPS) is 11.2. The molecule has 0 aromatic carbocycles. The summed E-state index contributed by atoms with van der Waals surface area (Å²) in [6, 6.07) is 5.09. The molecular weight excluding hydrogens is 204 g/mol. The lowest BCUT2D eigenvalue weighted by Crippen LogP contribution is -2.13. The molecule has 4 heteroatoms. The van der Waals surface area contributed by atoms with E-state index in [1.54, 1.807) is 30.5 Å². The standard InChI is InChI=1S/C12H14N2O2/c1-2-3-6-9(12(15)16)11(13)10-7-4-5-8-14-10/h4-8,13H,2-3H2,1H3,(H,15,16). The van der Waals surface area contributed by atoms with Crippen molar-refractivity contribution in [2.45, 2.75) is 19.8 Å². The number of aromatic nitrogens is 1. The first-order valence-electron chi connectivity index (χ1n) is 5.10. The molecule has 1 rings (SSSR count). The first-order chi connectivity index (χ1) is 7.66. The molecule has 0 aliphatic heterocycles. The zero-order valence-electron chi connectivity index (χ0n) is 9.10. The first-order valence-corrected chi connectivity index (χ1v) is 5.10. The summed E-state index contributed by atoms with van der Waals surface area (Å²) in [4.78, 5) is 14.9. The second-order valence-electron chi connectivity index (χ2n) is 3.30. The number of carboxylic acids is 1. The molecule has 1 aromatic rings. The second-order valence-corrected chi connectivity index (χ2v) is 3.30. The van der Waals surface area contributed by atoms with Crippen molar-refractivity contribution in [3.8, 4) is 0 Å². The highest BCUT2D eigenvalue weighted by molar-refractivity contribution is 6.24. The molecule has 0 amide bonds. The van der Waals surface area contributed by atoms with Crippen LogP contribution < -0.4 is 0 Å². The number of unbranched alkanes of at least 4 members (excludes halogenated alkanes) is 1. The molecule has 0 fully saturated rings. The molecule has 4 nitrogen and oxygen atoms in total. The molecule has 16 heavy (non-hydrogen) atoms. The Morgan fingerprint density at radius 2 is 2.31 bits per heavy atom. The Morgan fingerprint density at radius 3 is 2.81 bits per heavy atom. The van der Waals surface area contributed by atoms with Gasteiger partial charge in [-0.1, -0.05) is 25.5 Å². The summed E-state index contributed by atoms with van der Waals surface area (Å²) < 4.78 is 0. The van der Waals surface area contributed by atoms with Crippen LogP contribution in [0.4, 0.5) is 0 Å². The predicted molar refractivity (Wildman–Crippen MR) is 61.7 cm³/mol. The zero-order valence-corrected chi connectivity index (χ0v) is 9.10. The molecule has 84 valence electrons. The van der Waals surface area contributed by atoms with E-state index >= 15 is 0 Å². The van der Waals surface area contributed by atoms with Gasteiger partial charge in [-0.15, -0.1) is 0 Å². The van der Waals surface area contributed by atoms with Crippen molar-refractivity contribution in [3.05, 3.63) is 41.7 Å². The van der Waals surface area contributed by atoms with E-state index in [1.807, 2.05) is 6.92 Å². The Labute approximate surface area is 94.2 Å². The van der Waals surface area contributed by atoms with Crippen molar-refractivity contribution in [3.63, 3.8) is 0 Å². The average molecular weight is 218 g/mol. The number of nitrogens with zero attached hydrogens (tertiary/aromatic N) is 1. The number of pyridine rings is 1. The number of rotatable bonds is 5. The second kappa shape index (κ2) is 5.80. The molecule has 2 N–H and O–H groups in total. The maximum atomic E-state index is 11.0. The molecule has 0 saturated heterocycles. The number of hydrogen-bond donors (Lipinski definition) is 2. The summed E-state index contributed by atoms with van der Waals surface area (Å²) in [7, 11) is 0. The van der Waals surface area contributed by atoms with Crippen LogP contribution in [-0.2, 0) is 4.79 Å². The fourth-order valence-electron chi connectivity index (χ4n) is 1.23. The third-order valence-corrected chi connectivity index (χ3v) is 2.06. The summed E-state index contributed by atoms with van der Waals surface area (Å²) in [5, 5.41) is 16.8. The SMILES string of the molecule is CCCC=C(C(=N)c1ccccn1)C(=O)O. The van der Waals surface area contributed by atoms with Crippen LogP contribution in [-0.4, -0.2) is 21.8 Å². The van der Waals surface area contributed by atoms with Gasteiger partial charge in [0.05, 0.1) is 17.0 Å². The first kappa shape index (κ1) is 12.1. The monoisotopic (exact) mass is 218 g/mol. The molecule has 0 atom stereocenters. The van der Waals surface area contributed by atoms with Crippen molar-refractivity contribution in [1.82, 2.24) is 4.98 Å². The van der Waals surface area contributed by atoms with Crippen molar-refractivity contribution < 1.29 is 9.90 Å². The molecular formula is C12H14N2O2. The molecule has 0 unspecified atom stereocenters. The number of nitrogens with one attached hydrogen (secondary N) is 1. The lowest BCUT2D eigenvalue weighted by molar-refractivity contribution is -0.132. The van der Waals surface area contributed by atoms with Gasteiger partial charge in [-0.3, -0.25) is 10.4 Å². The quantitative estimate of drug-likeness (QED) is 0.588. The van der Waals surface area contributed by atoms with Crippen LogP contribution in [0.2, 0.25) is 0 Å². The third-order valence-electron chi connectivity index (χ3n) is 2.06. The van der Waals surface area contributed by atoms with Gasteiger partial charge in [0.15, 0.2) is 0 Å². The highest BCUT2D eigenvalue weighted by atomic mass is 16.4. The van der Waals surface area contributed by atoms with E-state index in [-0.39, 0.29) is 11.3 Å². The average Bonchev–Trinajstić information content (AvgIpc) is 2.30. The van der Waals surface area contributed by atoms with Crippen molar-refractivity contribution in [2.75, 3.05) is 0 Å². The summed E-state index contributed by atoms with van der Waals surface area (Å²) in [5.74, 6) is -1.08. The molecule has 1 aromatic heterocycles. The van der Waals surface area contributed by atoms with E-state index in [9.17, 15) is 4.79 Å². The minimum absolute atomic E-state index is 0.0144. The predicted octanol–water partition coefficient (Wildman–Crippen LogP) is 2.26. The van der Waals surface area contributed by atoms with Crippen molar-refractivity contribution in [1.29, 1.82) is 5.41 Å². The van der Waals surface area contributed by atoms with Crippen molar-refractivity contribution in [2.24, 2.45) is 0 Å². The fraction of sp³-hybridized carbons (Fsp3) is 0.250. The van der Waals surface area contributed by atoms with Gasteiger partial charge < -0.3 is 5.11 Å². The number of carbonyl (C=O) groups is 1. The summed E-state index contributed by atoms with van der Waals surface area (Å²) in [5.41, 5.74) is 0.356. The highest BCUT2D eigenvalue weighted by Gasteiger charge is 2.15. The van der Waals surface area contributed by atoms with Gasteiger partial charge in [0.1, 0.15) is 0 Å². The van der Waals surface area contributed by atoms with E-state index in [0.29, 0.717) is 12.1 Å². The van der Waals surface area contributed by atoms with Gasteiger partial charge >= 0.3 is 5.97 Å². The highest BCUT2D eigenvalue weighted by Crippen LogP contribution is 2.08. The minimum atomic E-state index is -1.08. The zero-order chi connectivity index (χ0) is 12.0. The van der Waals surface area contributed by atoms with Gasteiger partial charge in [-0.2, -0.15) is 0 Å². The molecule has 0 spiro atoms. The summed E-state index contributed by atoms with van der Waals surface area (Å²) in [6.07, 6.45) is 4.62. The number of aliphatic carboxylic acids is 1. The Hall–Kier alpha value is -1.97. The van der Waals surface area contributed by atoms with E-state index in [0.717, 1.165) is 6.42 Å². The van der Waals surface area contributed by atoms with E-state index < -0.39 is 5.97 Å². The largest absolute Gasteiger partial charge is 0.478 e. The topological polar surface area (TPSA) is 74.0 Å². The molecule has 0 aliphatic carbocycles. The van der Waals surface area contributed by atoms with Gasteiger partial charge in [-0.25, -0.2) is 4.79 Å².